The lowest BCUT2D eigenvalue weighted by molar-refractivity contribution is -0.143. The number of carbonyl (C=O) groups is 2. The minimum Gasteiger partial charge on any atom is -0.466 e. The summed E-state index contributed by atoms with van der Waals surface area (Å²) in [6.07, 6.45) is 54.3. The molecule has 1 amide bonds. The Bertz CT molecular complexity index is 889. The minimum absolute atomic E-state index is 0.0442. The molecule has 0 spiro atoms. The van der Waals surface area contributed by atoms with Crippen molar-refractivity contribution in [1.29, 1.82) is 0 Å². The maximum Gasteiger partial charge on any atom is 0.305 e. The normalized spacial score (nSPS) is 12.8. The van der Waals surface area contributed by atoms with Gasteiger partial charge < -0.3 is 20.3 Å². The molecule has 2 atom stereocenters. The van der Waals surface area contributed by atoms with E-state index < -0.39 is 12.1 Å². The lowest BCUT2D eigenvalue weighted by atomic mass is 10.0. The van der Waals surface area contributed by atoms with Crippen molar-refractivity contribution < 1.29 is 24.5 Å². The van der Waals surface area contributed by atoms with Crippen molar-refractivity contribution in [2.75, 3.05) is 13.2 Å². The van der Waals surface area contributed by atoms with Crippen LogP contribution in [0.4, 0.5) is 0 Å². The standard InChI is InChI=1S/C51H97NO5/c1-3-5-7-9-11-13-15-17-19-20-21-22-24-27-31-35-39-43-49(54)48(47-53)52-50(55)44-40-36-32-28-26-30-34-38-42-46-57-51(56)45-41-37-33-29-25-23-18-16-14-12-10-8-6-4-2/h16,18,28,32,48-49,53-54H,3-15,17,19-27,29-31,33-47H2,1-2H3,(H,52,55)/b18-16-,32-28-. The fourth-order valence-corrected chi connectivity index (χ4v) is 7.58. The Morgan fingerprint density at radius 1 is 0.474 bits per heavy atom. The molecule has 6 heteroatoms. The molecule has 0 bridgehead atoms. The Morgan fingerprint density at radius 3 is 1.28 bits per heavy atom. The van der Waals surface area contributed by atoms with Crippen LogP contribution in [0.2, 0.25) is 0 Å². The molecule has 0 radical (unpaired) electrons. The number of esters is 1. The molecule has 0 aromatic carbocycles. The highest BCUT2D eigenvalue weighted by Crippen LogP contribution is 2.16. The number of hydrogen-bond acceptors (Lipinski definition) is 5. The van der Waals surface area contributed by atoms with Gasteiger partial charge in [0.2, 0.25) is 5.91 Å². The Kier molecular flexibility index (Phi) is 45.7. The molecular weight excluding hydrogens is 707 g/mol. The summed E-state index contributed by atoms with van der Waals surface area (Å²) in [4.78, 5) is 24.4. The quantitative estimate of drug-likeness (QED) is 0.0324. The summed E-state index contributed by atoms with van der Waals surface area (Å²) in [7, 11) is 0. The van der Waals surface area contributed by atoms with Crippen molar-refractivity contribution in [3.8, 4) is 0 Å². The van der Waals surface area contributed by atoms with Gasteiger partial charge in [0.1, 0.15) is 0 Å². The predicted octanol–water partition coefficient (Wildman–Crippen LogP) is 14.7. The van der Waals surface area contributed by atoms with Crippen LogP contribution in [0.1, 0.15) is 264 Å². The van der Waals surface area contributed by atoms with E-state index in [2.05, 4.69) is 43.5 Å². The van der Waals surface area contributed by atoms with Crippen molar-refractivity contribution in [3.63, 3.8) is 0 Å². The fraction of sp³-hybridized carbons (Fsp3) is 0.882. The molecule has 0 heterocycles. The van der Waals surface area contributed by atoms with E-state index in [0.717, 1.165) is 70.6 Å². The molecule has 336 valence electrons. The SMILES string of the molecule is CCCCCCC/C=C\CCCCCCCC(=O)OCCCCCC/C=C\CCCC(=O)NC(CO)C(O)CCCCCCCCCCCCCCCCCCC. The van der Waals surface area contributed by atoms with Gasteiger partial charge in [0.15, 0.2) is 0 Å². The minimum atomic E-state index is -0.695. The van der Waals surface area contributed by atoms with E-state index in [0.29, 0.717) is 25.9 Å². The van der Waals surface area contributed by atoms with Gasteiger partial charge in [-0.2, -0.15) is 0 Å². The number of rotatable bonds is 46. The number of unbranched alkanes of at least 4 members (excludes halogenated alkanes) is 31. The van der Waals surface area contributed by atoms with Crippen LogP contribution in [0, 0.1) is 0 Å². The predicted molar refractivity (Wildman–Crippen MR) is 246 cm³/mol. The highest BCUT2D eigenvalue weighted by atomic mass is 16.5. The van der Waals surface area contributed by atoms with Crippen molar-refractivity contribution in [3.05, 3.63) is 24.3 Å². The largest absolute Gasteiger partial charge is 0.466 e. The Hall–Kier alpha value is -1.66. The first-order valence-corrected chi connectivity index (χ1v) is 25.1. The second-order valence-corrected chi connectivity index (χ2v) is 17.1. The summed E-state index contributed by atoms with van der Waals surface area (Å²) in [6, 6.07) is -0.579. The highest BCUT2D eigenvalue weighted by Gasteiger charge is 2.20. The first kappa shape index (κ1) is 55.3. The summed E-state index contributed by atoms with van der Waals surface area (Å²) in [5.41, 5.74) is 0. The van der Waals surface area contributed by atoms with Crippen LogP contribution >= 0.6 is 0 Å². The van der Waals surface area contributed by atoms with E-state index in [-0.39, 0.29) is 18.5 Å². The van der Waals surface area contributed by atoms with E-state index in [1.807, 2.05) is 0 Å². The van der Waals surface area contributed by atoms with Gasteiger partial charge in [0.25, 0.3) is 0 Å². The molecule has 0 aliphatic rings. The monoisotopic (exact) mass is 804 g/mol. The average molecular weight is 804 g/mol. The first-order valence-electron chi connectivity index (χ1n) is 25.1. The molecule has 0 rings (SSSR count). The second-order valence-electron chi connectivity index (χ2n) is 17.1. The number of aliphatic hydroxyl groups excluding tert-OH is 2. The molecule has 0 fully saturated rings. The van der Waals surface area contributed by atoms with Crippen molar-refractivity contribution in [2.24, 2.45) is 0 Å². The fourth-order valence-electron chi connectivity index (χ4n) is 7.58. The van der Waals surface area contributed by atoms with Gasteiger partial charge in [-0.15, -0.1) is 0 Å². The molecule has 6 nitrogen and oxygen atoms in total. The molecule has 0 aliphatic carbocycles. The van der Waals surface area contributed by atoms with Crippen molar-refractivity contribution >= 4 is 11.9 Å². The maximum absolute atomic E-state index is 12.4. The number of hydrogen-bond donors (Lipinski definition) is 3. The number of aliphatic hydroxyl groups is 2. The van der Waals surface area contributed by atoms with Crippen LogP contribution in [-0.2, 0) is 14.3 Å². The number of carbonyl (C=O) groups excluding carboxylic acids is 2. The highest BCUT2D eigenvalue weighted by molar-refractivity contribution is 5.76. The van der Waals surface area contributed by atoms with E-state index in [9.17, 15) is 19.8 Å². The smallest absolute Gasteiger partial charge is 0.305 e. The third-order valence-electron chi connectivity index (χ3n) is 11.5. The summed E-state index contributed by atoms with van der Waals surface area (Å²) in [5.74, 6) is -0.139. The average Bonchev–Trinajstić information content (AvgIpc) is 3.21. The van der Waals surface area contributed by atoms with Gasteiger partial charge in [-0.25, -0.2) is 0 Å². The van der Waals surface area contributed by atoms with Crippen molar-refractivity contribution in [2.45, 2.75) is 276 Å². The molecule has 3 N–H and O–H groups in total. The van der Waals surface area contributed by atoms with E-state index in [4.69, 9.17) is 4.74 Å². The lowest BCUT2D eigenvalue weighted by Crippen LogP contribution is -2.45. The maximum atomic E-state index is 12.4. The van der Waals surface area contributed by atoms with Gasteiger partial charge in [-0.1, -0.05) is 205 Å². The summed E-state index contributed by atoms with van der Waals surface area (Å²) < 4.78 is 5.43. The van der Waals surface area contributed by atoms with Gasteiger partial charge in [0, 0.05) is 12.8 Å². The number of amides is 1. The van der Waals surface area contributed by atoms with Gasteiger partial charge in [0.05, 0.1) is 25.4 Å². The third-order valence-corrected chi connectivity index (χ3v) is 11.5. The molecule has 0 saturated heterocycles. The van der Waals surface area contributed by atoms with Crippen LogP contribution in [-0.4, -0.2) is 47.4 Å². The zero-order valence-electron chi connectivity index (χ0n) is 38.1. The van der Waals surface area contributed by atoms with Gasteiger partial charge in [-0.3, -0.25) is 9.59 Å². The number of nitrogens with one attached hydrogen (secondary N) is 1. The molecule has 0 aromatic rings. The third kappa shape index (κ3) is 43.7. The topological polar surface area (TPSA) is 95.9 Å². The first-order chi connectivity index (χ1) is 28.0. The molecule has 0 aliphatic heterocycles. The molecular formula is C51H97NO5. The van der Waals surface area contributed by atoms with E-state index >= 15 is 0 Å². The summed E-state index contributed by atoms with van der Waals surface area (Å²) >= 11 is 0. The van der Waals surface area contributed by atoms with Gasteiger partial charge >= 0.3 is 5.97 Å². The van der Waals surface area contributed by atoms with Crippen LogP contribution in [0.5, 0.6) is 0 Å². The zero-order valence-corrected chi connectivity index (χ0v) is 38.1. The molecule has 0 aromatic heterocycles. The van der Waals surface area contributed by atoms with E-state index in [1.54, 1.807) is 0 Å². The number of allylic oxidation sites excluding steroid dienone is 4. The lowest BCUT2D eigenvalue weighted by Gasteiger charge is -2.22. The van der Waals surface area contributed by atoms with Crippen LogP contribution in [0.3, 0.4) is 0 Å². The Morgan fingerprint density at radius 2 is 0.842 bits per heavy atom. The van der Waals surface area contributed by atoms with Crippen molar-refractivity contribution in [1.82, 2.24) is 5.32 Å². The number of ether oxygens (including phenoxy) is 1. The molecule has 0 saturated carbocycles. The molecule has 2 unspecified atom stereocenters. The molecule has 57 heavy (non-hydrogen) atoms. The van der Waals surface area contributed by atoms with Gasteiger partial charge in [-0.05, 0) is 70.6 Å². The summed E-state index contributed by atoms with van der Waals surface area (Å²) in [5, 5.41) is 23.2. The zero-order chi connectivity index (χ0) is 41.5. The van der Waals surface area contributed by atoms with E-state index in [1.165, 1.54) is 161 Å². The second kappa shape index (κ2) is 47.0. The Labute approximate surface area is 354 Å². The van der Waals surface area contributed by atoms with Crippen LogP contribution in [0.25, 0.3) is 0 Å². The van der Waals surface area contributed by atoms with Crippen LogP contribution in [0.15, 0.2) is 24.3 Å². The Balaban J connectivity index is 3.55. The summed E-state index contributed by atoms with van der Waals surface area (Å²) in [6.45, 7) is 4.85. The van der Waals surface area contributed by atoms with Crippen LogP contribution < -0.4 is 5.32 Å².